The molecule has 0 radical (unpaired) electrons. The van der Waals surface area contributed by atoms with Crippen molar-refractivity contribution < 1.29 is 19.1 Å². The van der Waals surface area contributed by atoms with Crippen molar-refractivity contribution in [3.8, 4) is 23.8 Å². The van der Waals surface area contributed by atoms with Crippen molar-refractivity contribution in [3.63, 3.8) is 0 Å². The van der Waals surface area contributed by atoms with E-state index < -0.39 is 5.97 Å². The molecular weight excluding hydrogens is 282 g/mol. The average Bonchev–Trinajstić information content (AvgIpc) is 2.87. The van der Waals surface area contributed by atoms with Gasteiger partial charge in [-0.15, -0.1) is 6.42 Å². The van der Waals surface area contributed by atoms with Gasteiger partial charge in [-0.1, -0.05) is 30.5 Å². The molecule has 0 bridgehead atoms. The molecule has 0 fully saturated rings. The van der Waals surface area contributed by atoms with E-state index in [0.29, 0.717) is 29.2 Å². The number of benzene rings is 1. The highest BCUT2D eigenvalue weighted by Gasteiger charge is 2.24. The second-order valence-electron chi connectivity index (χ2n) is 4.63. The molecule has 0 amide bonds. The average molecular weight is 299 g/mol. The summed E-state index contributed by atoms with van der Waals surface area (Å²) in [6.45, 7) is 2.18. The fourth-order valence-electron chi connectivity index (χ4n) is 2.05. The molecule has 1 aliphatic heterocycles. The first-order valence-electron chi connectivity index (χ1n) is 6.94. The SMILES string of the molecule is C#CCOc1ccc(/C=C2\C(=O)ON=C2CCC)cc1OC. The molecule has 0 unspecified atom stereocenters. The molecule has 1 aliphatic rings. The topological polar surface area (TPSA) is 57.1 Å². The van der Waals surface area contributed by atoms with Crippen LogP contribution in [0.1, 0.15) is 25.3 Å². The van der Waals surface area contributed by atoms with Crippen LogP contribution in [0.15, 0.2) is 28.9 Å². The lowest BCUT2D eigenvalue weighted by Gasteiger charge is -2.09. The van der Waals surface area contributed by atoms with Gasteiger partial charge < -0.3 is 14.3 Å². The summed E-state index contributed by atoms with van der Waals surface area (Å²) >= 11 is 0. The molecule has 114 valence electrons. The monoisotopic (exact) mass is 299 g/mol. The zero-order valence-electron chi connectivity index (χ0n) is 12.6. The summed E-state index contributed by atoms with van der Waals surface area (Å²) in [5, 5.41) is 3.81. The number of methoxy groups -OCH3 is 1. The molecule has 2 rings (SSSR count). The Hall–Kier alpha value is -2.74. The minimum absolute atomic E-state index is 0.163. The van der Waals surface area contributed by atoms with E-state index >= 15 is 0 Å². The van der Waals surface area contributed by atoms with E-state index in [-0.39, 0.29) is 6.61 Å². The largest absolute Gasteiger partial charge is 0.493 e. The molecule has 0 aliphatic carbocycles. The highest BCUT2D eigenvalue weighted by molar-refractivity contribution is 6.25. The van der Waals surface area contributed by atoms with Crippen molar-refractivity contribution in [2.45, 2.75) is 19.8 Å². The smallest absolute Gasteiger partial charge is 0.367 e. The van der Waals surface area contributed by atoms with E-state index in [1.165, 1.54) is 0 Å². The van der Waals surface area contributed by atoms with Crippen LogP contribution in [0.4, 0.5) is 0 Å². The van der Waals surface area contributed by atoms with Crippen molar-refractivity contribution in [1.29, 1.82) is 0 Å². The number of hydrogen-bond acceptors (Lipinski definition) is 5. The molecule has 5 heteroatoms. The molecule has 1 heterocycles. The summed E-state index contributed by atoms with van der Waals surface area (Å²) in [7, 11) is 1.54. The maximum absolute atomic E-state index is 11.7. The fourth-order valence-corrected chi connectivity index (χ4v) is 2.05. The van der Waals surface area contributed by atoms with Crippen molar-refractivity contribution >= 4 is 17.8 Å². The number of ether oxygens (including phenoxy) is 2. The third-order valence-electron chi connectivity index (χ3n) is 3.07. The van der Waals surface area contributed by atoms with Crippen LogP contribution in [0.3, 0.4) is 0 Å². The van der Waals surface area contributed by atoms with Crippen molar-refractivity contribution in [1.82, 2.24) is 0 Å². The predicted octanol–water partition coefficient (Wildman–Crippen LogP) is 2.80. The van der Waals surface area contributed by atoms with Crippen LogP contribution >= 0.6 is 0 Å². The molecule has 0 aromatic heterocycles. The van der Waals surface area contributed by atoms with Crippen molar-refractivity contribution in [3.05, 3.63) is 29.3 Å². The van der Waals surface area contributed by atoms with Crippen LogP contribution < -0.4 is 9.47 Å². The Bertz CT molecular complexity index is 668. The lowest BCUT2D eigenvalue weighted by molar-refractivity contribution is -0.136. The Labute approximate surface area is 129 Å². The summed E-state index contributed by atoms with van der Waals surface area (Å²) in [6, 6.07) is 5.34. The van der Waals surface area contributed by atoms with Crippen LogP contribution in [-0.4, -0.2) is 25.4 Å². The highest BCUT2D eigenvalue weighted by Crippen LogP contribution is 2.29. The van der Waals surface area contributed by atoms with E-state index in [9.17, 15) is 4.79 Å². The minimum Gasteiger partial charge on any atom is -0.493 e. The number of nitrogens with zero attached hydrogens (tertiary/aromatic N) is 1. The van der Waals surface area contributed by atoms with Crippen molar-refractivity contribution in [2.24, 2.45) is 5.16 Å². The Kier molecular flexibility index (Phi) is 5.21. The maximum atomic E-state index is 11.7. The lowest BCUT2D eigenvalue weighted by atomic mass is 10.0. The van der Waals surface area contributed by atoms with Gasteiger partial charge in [0, 0.05) is 0 Å². The predicted molar refractivity (Wildman–Crippen MR) is 83.7 cm³/mol. The third kappa shape index (κ3) is 3.47. The van der Waals surface area contributed by atoms with Gasteiger partial charge in [0.2, 0.25) is 0 Å². The first kappa shape index (κ1) is 15.6. The Morgan fingerprint density at radius 2 is 2.23 bits per heavy atom. The molecule has 0 atom stereocenters. The van der Waals surface area contributed by atoms with Gasteiger partial charge in [0.05, 0.1) is 18.4 Å². The Morgan fingerprint density at radius 1 is 1.41 bits per heavy atom. The van der Waals surface area contributed by atoms with Crippen LogP contribution in [0, 0.1) is 12.3 Å². The molecule has 5 nitrogen and oxygen atoms in total. The number of rotatable bonds is 6. The number of carbonyl (C=O) groups excluding carboxylic acids is 1. The normalized spacial score (nSPS) is 15.2. The van der Waals surface area contributed by atoms with Gasteiger partial charge in [-0.2, -0.15) is 0 Å². The minimum atomic E-state index is -0.435. The van der Waals surface area contributed by atoms with E-state index in [0.717, 1.165) is 12.0 Å². The molecular formula is C17H17NO4. The van der Waals surface area contributed by atoms with E-state index in [1.54, 1.807) is 25.3 Å². The second kappa shape index (κ2) is 7.32. The van der Waals surface area contributed by atoms with Crippen LogP contribution in [0.5, 0.6) is 11.5 Å². The van der Waals surface area contributed by atoms with Gasteiger partial charge in [-0.25, -0.2) is 4.79 Å². The molecule has 0 N–H and O–H groups in total. The van der Waals surface area contributed by atoms with Crippen LogP contribution in [0.25, 0.3) is 6.08 Å². The lowest BCUT2D eigenvalue weighted by Crippen LogP contribution is -2.05. The van der Waals surface area contributed by atoms with Gasteiger partial charge in [0.1, 0.15) is 6.61 Å². The molecule has 1 aromatic rings. The molecule has 0 spiro atoms. The Balaban J connectivity index is 2.29. The van der Waals surface area contributed by atoms with E-state index in [1.807, 2.05) is 13.0 Å². The molecule has 0 saturated carbocycles. The molecule has 22 heavy (non-hydrogen) atoms. The third-order valence-corrected chi connectivity index (χ3v) is 3.07. The number of hydrogen-bond donors (Lipinski definition) is 0. The van der Waals surface area contributed by atoms with E-state index in [4.69, 9.17) is 20.7 Å². The number of carbonyl (C=O) groups is 1. The van der Waals surface area contributed by atoms with Gasteiger partial charge >= 0.3 is 5.97 Å². The fraction of sp³-hybridized carbons (Fsp3) is 0.294. The summed E-state index contributed by atoms with van der Waals surface area (Å²) in [5.41, 5.74) is 1.93. The first-order chi connectivity index (χ1) is 10.7. The van der Waals surface area contributed by atoms with Gasteiger partial charge in [0.25, 0.3) is 0 Å². The summed E-state index contributed by atoms with van der Waals surface area (Å²) in [6.07, 6.45) is 8.49. The van der Waals surface area contributed by atoms with Crippen LogP contribution in [0.2, 0.25) is 0 Å². The number of terminal acetylenes is 1. The van der Waals surface area contributed by atoms with Crippen LogP contribution in [-0.2, 0) is 9.63 Å². The van der Waals surface area contributed by atoms with Gasteiger partial charge in [-0.3, -0.25) is 0 Å². The second-order valence-corrected chi connectivity index (χ2v) is 4.63. The quantitative estimate of drug-likeness (QED) is 0.460. The standard InChI is InChI=1S/C17H17NO4/c1-4-6-14-13(17(19)22-18-14)10-12-7-8-15(21-9-5-2)16(11-12)20-3/h2,7-8,10-11H,4,6,9H2,1,3H3/b13-10-. The first-order valence-corrected chi connectivity index (χ1v) is 6.94. The zero-order valence-corrected chi connectivity index (χ0v) is 12.6. The van der Waals surface area contributed by atoms with Gasteiger partial charge in [0.15, 0.2) is 11.5 Å². The molecule has 1 aromatic carbocycles. The maximum Gasteiger partial charge on any atom is 0.367 e. The molecule has 0 saturated heterocycles. The summed E-state index contributed by atoms with van der Waals surface area (Å²) < 4.78 is 10.7. The highest BCUT2D eigenvalue weighted by atomic mass is 16.7. The summed E-state index contributed by atoms with van der Waals surface area (Å²) in [5.74, 6) is 3.07. The number of oxime groups is 1. The zero-order chi connectivity index (χ0) is 15.9. The van der Waals surface area contributed by atoms with Crippen molar-refractivity contribution in [2.75, 3.05) is 13.7 Å². The van der Waals surface area contributed by atoms with Gasteiger partial charge in [-0.05, 0) is 30.2 Å². The van der Waals surface area contributed by atoms with E-state index in [2.05, 4.69) is 11.1 Å². The summed E-state index contributed by atoms with van der Waals surface area (Å²) in [4.78, 5) is 16.5. The Morgan fingerprint density at radius 3 is 2.91 bits per heavy atom.